The first-order valence-corrected chi connectivity index (χ1v) is 8.05. The van der Waals surface area contributed by atoms with Gasteiger partial charge in [0.25, 0.3) is 5.91 Å². The van der Waals surface area contributed by atoms with Gasteiger partial charge in [0.1, 0.15) is 17.6 Å². The number of nitrogens with two attached hydrogens (primary N) is 1. The summed E-state index contributed by atoms with van der Waals surface area (Å²) in [6, 6.07) is 10.7. The molecule has 2 aromatic carbocycles. The van der Waals surface area contributed by atoms with E-state index in [4.69, 9.17) is 10.5 Å². The Morgan fingerprint density at radius 1 is 1.20 bits per heavy atom. The average molecular weight is 342 g/mol. The lowest BCUT2D eigenvalue weighted by molar-refractivity contribution is -0.121. The van der Waals surface area contributed by atoms with Crippen LogP contribution in [0.15, 0.2) is 42.5 Å². The Morgan fingerprint density at radius 2 is 1.92 bits per heavy atom. The third-order valence-corrected chi connectivity index (χ3v) is 4.46. The van der Waals surface area contributed by atoms with Gasteiger partial charge < -0.3 is 15.4 Å². The van der Waals surface area contributed by atoms with Crippen molar-refractivity contribution < 1.29 is 18.7 Å². The van der Waals surface area contributed by atoms with E-state index in [1.807, 2.05) is 0 Å². The van der Waals surface area contributed by atoms with Crippen molar-refractivity contribution in [3.8, 4) is 16.9 Å². The Labute approximate surface area is 145 Å². The maximum atomic E-state index is 14.2. The van der Waals surface area contributed by atoms with Crippen LogP contribution in [0.1, 0.15) is 23.2 Å². The Morgan fingerprint density at radius 3 is 2.52 bits per heavy atom. The number of hydrogen-bond donors (Lipinski definition) is 1. The summed E-state index contributed by atoms with van der Waals surface area (Å²) in [5.41, 5.74) is 6.89. The van der Waals surface area contributed by atoms with Crippen LogP contribution < -0.4 is 10.5 Å². The lowest BCUT2D eigenvalue weighted by Gasteiger charge is -2.22. The maximum Gasteiger partial charge on any atom is 0.254 e. The summed E-state index contributed by atoms with van der Waals surface area (Å²) in [6.45, 7) is 0.515. The van der Waals surface area contributed by atoms with Gasteiger partial charge in [-0.05, 0) is 42.7 Å². The number of ether oxygens (including phenoxy) is 1. The molecule has 0 aromatic heterocycles. The molecule has 0 aliphatic carbocycles. The number of amides is 2. The second-order valence-electron chi connectivity index (χ2n) is 5.98. The summed E-state index contributed by atoms with van der Waals surface area (Å²) in [5.74, 6) is -0.669. The van der Waals surface area contributed by atoms with E-state index in [1.165, 1.54) is 18.1 Å². The fraction of sp³-hybridized carbons (Fsp3) is 0.263. The molecule has 6 heteroatoms. The van der Waals surface area contributed by atoms with E-state index in [2.05, 4.69) is 0 Å². The number of likely N-dealkylation sites (tertiary alicyclic amines) is 1. The number of carbonyl (C=O) groups is 2. The maximum absolute atomic E-state index is 14.2. The van der Waals surface area contributed by atoms with Gasteiger partial charge in [0.05, 0.1) is 7.11 Å². The number of nitrogens with zero attached hydrogens (tertiary/aromatic N) is 1. The van der Waals surface area contributed by atoms with Gasteiger partial charge in [-0.15, -0.1) is 0 Å². The van der Waals surface area contributed by atoms with Crippen LogP contribution in [0.3, 0.4) is 0 Å². The van der Waals surface area contributed by atoms with Crippen LogP contribution in [0.2, 0.25) is 0 Å². The van der Waals surface area contributed by atoms with Crippen LogP contribution in [-0.4, -0.2) is 36.4 Å². The van der Waals surface area contributed by atoms with E-state index in [0.29, 0.717) is 35.4 Å². The van der Waals surface area contributed by atoms with Gasteiger partial charge in [-0.25, -0.2) is 4.39 Å². The summed E-state index contributed by atoms with van der Waals surface area (Å²) in [4.78, 5) is 25.5. The molecule has 0 unspecified atom stereocenters. The van der Waals surface area contributed by atoms with Crippen molar-refractivity contribution in [2.24, 2.45) is 5.73 Å². The van der Waals surface area contributed by atoms with Crippen molar-refractivity contribution in [3.05, 3.63) is 53.8 Å². The number of benzene rings is 2. The molecule has 1 heterocycles. The van der Waals surface area contributed by atoms with Gasteiger partial charge in [0, 0.05) is 23.7 Å². The van der Waals surface area contributed by atoms with E-state index < -0.39 is 17.8 Å². The lowest BCUT2D eigenvalue weighted by Crippen LogP contribution is -2.43. The topological polar surface area (TPSA) is 72.6 Å². The monoisotopic (exact) mass is 342 g/mol. The minimum atomic E-state index is -0.550. The Hall–Kier alpha value is -2.89. The molecular weight excluding hydrogens is 323 g/mol. The summed E-state index contributed by atoms with van der Waals surface area (Å²) in [6.07, 6.45) is 1.35. The van der Waals surface area contributed by atoms with E-state index in [1.54, 1.807) is 36.4 Å². The predicted octanol–water partition coefficient (Wildman–Crippen LogP) is 2.59. The second kappa shape index (κ2) is 6.93. The number of primary amides is 1. The fourth-order valence-electron chi connectivity index (χ4n) is 3.12. The zero-order valence-corrected chi connectivity index (χ0v) is 13.9. The first-order valence-electron chi connectivity index (χ1n) is 8.05. The molecule has 2 aromatic rings. The van der Waals surface area contributed by atoms with Crippen molar-refractivity contribution in [1.29, 1.82) is 0 Å². The normalized spacial score (nSPS) is 16.7. The van der Waals surface area contributed by atoms with Gasteiger partial charge in [0.2, 0.25) is 5.91 Å². The zero-order valence-electron chi connectivity index (χ0n) is 13.9. The zero-order chi connectivity index (χ0) is 18.0. The van der Waals surface area contributed by atoms with Crippen LogP contribution >= 0.6 is 0 Å². The highest BCUT2D eigenvalue weighted by molar-refractivity contribution is 5.98. The van der Waals surface area contributed by atoms with Crippen LogP contribution in [0.4, 0.5) is 4.39 Å². The Bertz CT molecular complexity index is 805. The van der Waals surface area contributed by atoms with E-state index in [-0.39, 0.29) is 5.91 Å². The highest BCUT2D eigenvalue weighted by Gasteiger charge is 2.33. The van der Waals surface area contributed by atoms with Crippen LogP contribution in [0.5, 0.6) is 5.75 Å². The van der Waals surface area contributed by atoms with Gasteiger partial charge >= 0.3 is 0 Å². The molecule has 2 N–H and O–H groups in total. The molecule has 0 spiro atoms. The molecule has 3 rings (SSSR count). The summed E-state index contributed by atoms with van der Waals surface area (Å²) in [5, 5.41) is 0. The SMILES string of the molecule is COc1ccc(-c2ccc(C(=O)N3CCC[C@H]3C(N)=O)cc2)c(F)c1. The number of carbonyl (C=O) groups excluding carboxylic acids is 2. The fourth-order valence-corrected chi connectivity index (χ4v) is 3.12. The number of hydrogen-bond acceptors (Lipinski definition) is 3. The van der Waals surface area contributed by atoms with E-state index in [0.717, 1.165) is 6.42 Å². The van der Waals surface area contributed by atoms with E-state index >= 15 is 0 Å². The Balaban J connectivity index is 1.83. The highest BCUT2D eigenvalue weighted by atomic mass is 19.1. The Kier molecular flexibility index (Phi) is 4.70. The van der Waals surface area contributed by atoms with Gasteiger partial charge in [-0.3, -0.25) is 9.59 Å². The average Bonchev–Trinajstić information content (AvgIpc) is 3.11. The number of methoxy groups -OCH3 is 1. The third-order valence-electron chi connectivity index (χ3n) is 4.46. The molecule has 1 aliphatic heterocycles. The molecule has 0 radical (unpaired) electrons. The molecular formula is C19H19FN2O3. The van der Waals surface area contributed by atoms with Crippen molar-refractivity contribution in [2.75, 3.05) is 13.7 Å². The molecule has 5 nitrogen and oxygen atoms in total. The molecule has 0 saturated carbocycles. The summed E-state index contributed by atoms with van der Waals surface area (Å²) in [7, 11) is 1.48. The standard InChI is InChI=1S/C19H19FN2O3/c1-25-14-8-9-15(16(20)11-14)12-4-6-13(7-5-12)19(24)22-10-2-3-17(22)18(21)23/h4-9,11,17H,2-3,10H2,1H3,(H2,21,23)/t17-/m0/s1. The largest absolute Gasteiger partial charge is 0.497 e. The minimum Gasteiger partial charge on any atom is -0.497 e. The van der Waals surface area contributed by atoms with Gasteiger partial charge in [0.15, 0.2) is 0 Å². The van der Waals surface area contributed by atoms with Crippen molar-refractivity contribution >= 4 is 11.8 Å². The third kappa shape index (κ3) is 3.33. The lowest BCUT2D eigenvalue weighted by atomic mass is 10.0. The summed E-state index contributed by atoms with van der Waals surface area (Å²) >= 11 is 0. The number of rotatable bonds is 4. The summed E-state index contributed by atoms with van der Waals surface area (Å²) < 4.78 is 19.2. The molecule has 1 atom stereocenters. The van der Waals surface area contributed by atoms with E-state index in [9.17, 15) is 14.0 Å². The number of halogens is 1. The molecule has 2 amide bonds. The van der Waals surface area contributed by atoms with Crippen molar-refractivity contribution in [1.82, 2.24) is 4.90 Å². The quantitative estimate of drug-likeness (QED) is 0.928. The first-order chi connectivity index (χ1) is 12.0. The molecule has 1 saturated heterocycles. The van der Waals surface area contributed by atoms with Crippen LogP contribution in [0, 0.1) is 5.82 Å². The minimum absolute atomic E-state index is 0.233. The smallest absolute Gasteiger partial charge is 0.254 e. The molecule has 0 bridgehead atoms. The van der Waals surface area contributed by atoms with Crippen molar-refractivity contribution in [3.63, 3.8) is 0 Å². The van der Waals surface area contributed by atoms with Crippen molar-refractivity contribution in [2.45, 2.75) is 18.9 Å². The van der Waals surface area contributed by atoms with Gasteiger partial charge in [-0.2, -0.15) is 0 Å². The molecule has 1 aliphatic rings. The highest BCUT2D eigenvalue weighted by Crippen LogP contribution is 2.27. The van der Waals surface area contributed by atoms with Gasteiger partial charge in [-0.1, -0.05) is 12.1 Å². The second-order valence-corrected chi connectivity index (χ2v) is 5.98. The van der Waals surface area contributed by atoms with Crippen LogP contribution in [0.25, 0.3) is 11.1 Å². The molecule has 1 fully saturated rings. The molecule has 25 heavy (non-hydrogen) atoms. The first kappa shape index (κ1) is 17.0. The van der Waals surface area contributed by atoms with Crippen LogP contribution in [-0.2, 0) is 4.79 Å². The molecule has 130 valence electrons. The predicted molar refractivity (Wildman–Crippen MR) is 91.6 cm³/mol.